The Morgan fingerprint density at radius 1 is 1.03 bits per heavy atom. The van der Waals surface area contributed by atoms with Gasteiger partial charge in [-0.2, -0.15) is 5.10 Å². The van der Waals surface area contributed by atoms with Gasteiger partial charge in [0.1, 0.15) is 11.6 Å². The summed E-state index contributed by atoms with van der Waals surface area (Å²) >= 11 is 0. The molecule has 5 aromatic rings. The second-order valence-corrected chi connectivity index (χ2v) is 11.1. The highest BCUT2D eigenvalue weighted by atomic mass is 15.3. The highest BCUT2D eigenvalue weighted by Crippen LogP contribution is 2.44. The number of pyridine rings is 3. The number of anilines is 3. The minimum absolute atomic E-state index is 0.102. The molecule has 3 N–H and O–H groups in total. The Labute approximate surface area is 221 Å². The van der Waals surface area contributed by atoms with Gasteiger partial charge in [-0.3, -0.25) is 4.98 Å². The second-order valence-electron chi connectivity index (χ2n) is 11.1. The molecule has 1 saturated carbocycles. The van der Waals surface area contributed by atoms with Crippen LogP contribution in [-0.2, 0) is 0 Å². The summed E-state index contributed by atoms with van der Waals surface area (Å²) in [5.41, 5.74) is 4.13. The van der Waals surface area contributed by atoms with E-state index in [0.717, 1.165) is 53.1 Å². The van der Waals surface area contributed by atoms with Crippen LogP contribution < -0.4 is 16.0 Å². The summed E-state index contributed by atoms with van der Waals surface area (Å²) in [6.07, 6.45) is 11.0. The highest BCUT2D eigenvalue weighted by molar-refractivity contribution is 5.93. The van der Waals surface area contributed by atoms with E-state index >= 15 is 0 Å². The standard InChI is InChI=1S/C29H31N9/c1-29(2)17-30-10-9-23(29)34-28-26-21(18-6-7-18)15-31-16-22(26)33-27(36-28)19-8-11-32-24(13-19)35-25-14-20-5-3-4-12-38(20)37-25/h3-5,8,11-16,18,23,30H,6-7,9-10,17H2,1-2H3,(H,32,35,37)(H,33,34,36). The predicted octanol–water partition coefficient (Wildman–Crippen LogP) is 5.16. The molecule has 1 atom stereocenters. The van der Waals surface area contributed by atoms with Gasteiger partial charge in [0.15, 0.2) is 11.6 Å². The Morgan fingerprint density at radius 2 is 1.95 bits per heavy atom. The van der Waals surface area contributed by atoms with Crippen LogP contribution in [0.15, 0.2) is 61.2 Å². The van der Waals surface area contributed by atoms with Gasteiger partial charge in [-0.05, 0) is 67.0 Å². The van der Waals surface area contributed by atoms with Crippen molar-refractivity contribution in [2.75, 3.05) is 23.7 Å². The molecule has 1 saturated heterocycles. The smallest absolute Gasteiger partial charge is 0.162 e. The normalized spacial score (nSPS) is 19.1. The number of nitrogens with one attached hydrogen (secondary N) is 3. The maximum Gasteiger partial charge on any atom is 0.162 e. The van der Waals surface area contributed by atoms with Crippen molar-refractivity contribution in [1.82, 2.24) is 34.9 Å². The van der Waals surface area contributed by atoms with Crippen LogP contribution in [0.3, 0.4) is 0 Å². The molecule has 38 heavy (non-hydrogen) atoms. The van der Waals surface area contributed by atoms with E-state index < -0.39 is 0 Å². The quantitative estimate of drug-likeness (QED) is 0.291. The topological polar surface area (TPSA) is 105 Å². The van der Waals surface area contributed by atoms with Crippen molar-refractivity contribution in [2.24, 2.45) is 5.41 Å². The van der Waals surface area contributed by atoms with Crippen LogP contribution in [0.5, 0.6) is 0 Å². The van der Waals surface area contributed by atoms with Gasteiger partial charge in [0, 0.05) is 48.2 Å². The van der Waals surface area contributed by atoms with Gasteiger partial charge in [0.05, 0.1) is 17.2 Å². The molecule has 2 fully saturated rings. The number of hydrogen-bond acceptors (Lipinski definition) is 8. The molecule has 2 aliphatic rings. The molecule has 7 rings (SSSR count). The molecule has 9 heteroatoms. The number of hydrogen-bond donors (Lipinski definition) is 3. The molecular formula is C29H31N9. The molecule has 1 aliphatic heterocycles. The van der Waals surface area contributed by atoms with E-state index in [1.165, 1.54) is 18.4 Å². The summed E-state index contributed by atoms with van der Waals surface area (Å²) in [5, 5.41) is 16.4. The third kappa shape index (κ3) is 4.32. The zero-order chi connectivity index (χ0) is 25.7. The Bertz CT molecular complexity index is 1600. The molecule has 6 heterocycles. The SMILES string of the molecule is CC1(C)CNCCC1Nc1nc(-c2ccnc(Nc3cc4ccccn4n3)c2)nc2cncc(C3CC3)c12. The van der Waals surface area contributed by atoms with Gasteiger partial charge in [0.25, 0.3) is 0 Å². The second kappa shape index (κ2) is 9.02. The predicted molar refractivity (Wildman–Crippen MR) is 150 cm³/mol. The molecule has 0 amide bonds. The van der Waals surface area contributed by atoms with Gasteiger partial charge in [-0.25, -0.2) is 19.5 Å². The Hall–Kier alpha value is -4.11. The Kier molecular flexibility index (Phi) is 5.47. The lowest BCUT2D eigenvalue weighted by Gasteiger charge is -2.40. The van der Waals surface area contributed by atoms with Crippen molar-refractivity contribution < 1.29 is 0 Å². The lowest BCUT2D eigenvalue weighted by atomic mass is 9.80. The van der Waals surface area contributed by atoms with Gasteiger partial charge in [0.2, 0.25) is 0 Å². The monoisotopic (exact) mass is 505 g/mol. The molecule has 0 aromatic carbocycles. The van der Waals surface area contributed by atoms with Crippen molar-refractivity contribution in [1.29, 1.82) is 0 Å². The molecule has 5 aromatic heterocycles. The average Bonchev–Trinajstić information content (AvgIpc) is 3.69. The summed E-state index contributed by atoms with van der Waals surface area (Å²) in [4.78, 5) is 19.2. The van der Waals surface area contributed by atoms with Gasteiger partial charge < -0.3 is 16.0 Å². The summed E-state index contributed by atoms with van der Waals surface area (Å²) in [7, 11) is 0. The molecule has 0 radical (unpaired) electrons. The molecule has 9 nitrogen and oxygen atoms in total. The fourth-order valence-electron chi connectivity index (χ4n) is 5.42. The van der Waals surface area contributed by atoms with Crippen LogP contribution in [0.1, 0.15) is 44.6 Å². The van der Waals surface area contributed by atoms with E-state index in [-0.39, 0.29) is 5.41 Å². The summed E-state index contributed by atoms with van der Waals surface area (Å²) in [5.74, 6) is 3.52. The van der Waals surface area contributed by atoms with Crippen LogP contribution in [-0.4, -0.2) is 48.7 Å². The maximum atomic E-state index is 5.14. The van der Waals surface area contributed by atoms with Gasteiger partial charge in [-0.15, -0.1) is 0 Å². The first-order valence-electron chi connectivity index (χ1n) is 13.3. The van der Waals surface area contributed by atoms with E-state index in [0.29, 0.717) is 23.6 Å². The van der Waals surface area contributed by atoms with Gasteiger partial charge >= 0.3 is 0 Å². The van der Waals surface area contributed by atoms with Crippen LogP contribution >= 0.6 is 0 Å². The fraction of sp³-hybridized carbons (Fsp3) is 0.345. The molecule has 0 spiro atoms. The molecule has 0 bridgehead atoms. The van der Waals surface area contributed by atoms with Crippen molar-refractivity contribution in [3.8, 4) is 11.4 Å². The van der Waals surface area contributed by atoms with Crippen molar-refractivity contribution in [3.05, 3.63) is 66.7 Å². The van der Waals surface area contributed by atoms with Crippen LogP contribution in [0, 0.1) is 5.41 Å². The van der Waals surface area contributed by atoms with Crippen LogP contribution in [0.4, 0.5) is 17.5 Å². The summed E-state index contributed by atoms with van der Waals surface area (Å²) < 4.78 is 1.84. The van der Waals surface area contributed by atoms with Crippen molar-refractivity contribution in [3.63, 3.8) is 0 Å². The third-order valence-corrected chi connectivity index (χ3v) is 7.74. The van der Waals surface area contributed by atoms with E-state index in [1.807, 2.05) is 59.5 Å². The zero-order valence-electron chi connectivity index (χ0n) is 21.6. The molecular weight excluding hydrogens is 474 g/mol. The first-order valence-corrected chi connectivity index (χ1v) is 13.3. The first kappa shape index (κ1) is 23.0. The van der Waals surface area contributed by atoms with E-state index in [9.17, 15) is 0 Å². The number of aromatic nitrogens is 6. The van der Waals surface area contributed by atoms with Crippen molar-refractivity contribution >= 4 is 33.9 Å². The lowest BCUT2D eigenvalue weighted by molar-refractivity contribution is 0.236. The summed E-state index contributed by atoms with van der Waals surface area (Å²) in [6.45, 7) is 6.59. The average molecular weight is 506 g/mol. The largest absolute Gasteiger partial charge is 0.366 e. The molecule has 192 valence electrons. The number of fused-ring (bicyclic) bond motifs is 2. The fourth-order valence-corrected chi connectivity index (χ4v) is 5.42. The minimum atomic E-state index is 0.102. The third-order valence-electron chi connectivity index (χ3n) is 7.74. The Morgan fingerprint density at radius 3 is 2.79 bits per heavy atom. The highest BCUT2D eigenvalue weighted by Gasteiger charge is 2.34. The number of piperidine rings is 1. The van der Waals surface area contributed by atoms with Crippen molar-refractivity contribution in [2.45, 2.75) is 45.1 Å². The number of nitrogens with zero attached hydrogens (tertiary/aromatic N) is 6. The number of rotatable bonds is 6. The van der Waals surface area contributed by atoms with Gasteiger partial charge in [-0.1, -0.05) is 19.9 Å². The maximum absolute atomic E-state index is 5.14. The lowest BCUT2D eigenvalue weighted by Crippen LogP contribution is -2.49. The van der Waals surface area contributed by atoms with Crippen LogP contribution in [0.25, 0.3) is 27.8 Å². The van der Waals surface area contributed by atoms with Crippen LogP contribution in [0.2, 0.25) is 0 Å². The first-order chi connectivity index (χ1) is 18.5. The van der Waals surface area contributed by atoms with E-state index in [4.69, 9.17) is 9.97 Å². The summed E-state index contributed by atoms with van der Waals surface area (Å²) in [6, 6.07) is 12.2. The Balaban J connectivity index is 1.28. The minimum Gasteiger partial charge on any atom is -0.366 e. The van der Waals surface area contributed by atoms with E-state index in [1.54, 1.807) is 6.20 Å². The molecule has 1 aliphatic carbocycles. The molecule has 1 unspecified atom stereocenters. The zero-order valence-corrected chi connectivity index (χ0v) is 21.6. The van der Waals surface area contributed by atoms with E-state index in [2.05, 4.69) is 44.9 Å².